The Bertz CT molecular complexity index is 684. The summed E-state index contributed by atoms with van der Waals surface area (Å²) in [5.74, 6) is 1.38. The fraction of sp³-hybridized carbons (Fsp3) is 0.500. The number of benzene rings is 1. The Balaban J connectivity index is 1.51. The van der Waals surface area contributed by atoms with Crippen molar-refractivity contribution >= 4 is 17.7 Å². The molecule has 2 aromatic rings. The molecule has 0 bridgehead atoms. The van der Waals surface area contributed by atoms with Crippen molar-refractivity contribution in [1.29, 1.82) is 0 Å². The molecule has 1 saturated carbocycles. The second-order valence-corrected chi connectivity index (χ2v) is 7.39. The molecular formula is C18H23N3O2S. The van der Waals surface area contributed by atoms with Crippen LogP contribution in [0.2, 0.25) is 0 Å². The van der Waals surface area contributed by atoms with Crippen molar-refractivity contribution in [3.63, 3.8) is 0 Å². The van der Waals surface area contributed by atoms with Gasteiger partial charge in [0.2, 0.25) is 11.8 Å². The van der Waals surface area contributed by atoms with Crippen LogP contribution in [0, 0.1) is 12.8 Å². The molecule has 0 aliphatic heterocycles. The van der Waals surface area contributed by atoms with Gasteiger partial charge < -0.3 is 9.73 Å². The lowest BCUT2D eigenvalue weighted by atomic mass is 9.86. The minimum absolute atomic E-state index is 0.0360. The number of nitrogens with zero attached hydrogens (tertiary/aromatic N) is 2. The Kier molecular flexibility index (Phi) is 5.56. The molecule has 0 saturated heterocycles. The fourth-order valence-corrected chi connectivity index (χ4v) is 3.56. The van der Waals surface area contributed by atoms with E-state index in [1.807, 2.05) is 31.2 Å². The Morgan fingerprint density at radius 1 is 1.25 bits per heavy atom. The van der Waals surface area contributed by atoms with Crippen LogP contribution in [0.3, 0.4) is 0 Å². The molecule has 1 fully saturated rings. The first kappa shape index (κ1) is 17.0. The second-order valence-electron chi connectivity index (χ2n) is 6.46. The number of nitrogens with one attached hydrogen (secondary N) is 1. The van der Waals surface area contributed by atoms with Gasteiger partial charge in [-0.25, -0.2) is 0 Å². The number of rotatable bonds is 5. The van der Waals surface area contributed by atoms with E-state index in [9.17, 15) is 4.79 Å². The first-order valence-electron chi connectivity index (χ1n) is 8.44. The SMILES string of the molecule is Cc1ccc(-c2nnc(SCC(=O)N[C@@H]3CCCC[C@H]3C)o2)cc1. The van der Waals surface area contributed by atoms with Gasteiger partial charge in [-0.1, -0.05) is 49.2 Å². The van der Waals surface area contributed by atoms with Crippen molar-refractivity contribution in [2.45, 2.75) is 50.8 Å². The molecule has 2 atom stereocenters. The van der Waals surface area contributed by atoms with Crippen LogP contribution in [-0.2, 0) is 4.79 Å². The zero-order valence-electron chi connectivity index (χ0n) is 14.1. The maximum Gasteiger partial charge on any atom is 0.277 e. The predicted octanol–water partition coefficient (Wildman–Crippen LogP) is 3.83. The van der Waals surface area contributed by atoms with Crippen LogP contribution in [0.5, 0.6) is 0 Å². The fourth-order valence-electron chi connectivity index (χ4n) is 2.99. The maximum absolute atomic E-state index is 12.1. The van der Waals surface area contributed by atoms with E-state index in [1.165, 1.54) is 36.6 Å². The van der Waals surface area contributed by atoms with Crippen LogP contribution in [0.25, 0.3) is 11.5 Å². The summed E-state index contributed by atoms with van der Waals surface area (Å²) < 4.78 is 5.63. The van der Waals surface area contributed by atoms with Crippen LogP contribution >= 0.6 is 11.8 Å². The van der Waals surface area contributed by atoms with Crippen LogP contribution in [0.4, 0.5) is 0 Å². The van der Waals surface area contributed by atoms with Crippen molar-refractivity contribution in [1.82, 2.24) is 15.5 Å². The molecule has 0 radical (unpaired) electrons. The molecule has 128 valence electrons. The number of thioether (sulfide) groups is 1. The van der Waals surface area contributed by atoms with Gasteiger partial charge in [-0.3, -0.25) is 4.79 Å². The van der Waals surface area contributed by atoms with E-state index in [-0.39, 0.29) is 5.91 Å². The number of amides is 1. The molecule has 0 unspecified atom stereocenters. The Morgan fingerprint density at radius 2 is 2.00 bits per heavy atom. The molecule has 3 rings (SSSR count). The summed E-state index contributed by atoms with van der Waals surface area (Å²) in [6.07, 6.45) is 4.75. The third-order valence-corrected chi connectivity index (χ3v) is 5.31. The van der Waals surface area contributed by atoms with Crippen LogP contribution in [0.15, 0.2) is 33.9 Å². The molecule has 24 heavy (non-hydrogen) atoms. The Labute approximate surface area is 146 Å². The second kappa shape index (κ2) is 7.83. The Hall–Kier alpha value is -1.82. The molecule has 5 nitrogen and oxygen atoms in total. The van der Waals surface area contributed by atoms with Crippen LogP contribution < -0.4 is 5.32 Å². The average Bonchev–Trinajstić information content (AvgIpc) is 3.05. The predicted molar refractivity (Wildman–Crippen MR) is 94.8 cm³/mol. The molecule has 1 heterocycles. The minimum Gasteiger partial charge on any atom is -0.411 e. The lowest BCUT2D eigenvalue weighted by Crippen LogP contribution is -2.41. The van der Waals surface area contributed by atoms with Gasteiger partial charge in [0.25, 0.3) is 5.22 Å². The van der Waals surface area contributed by atoms with Crippen molar-refractivity contribution in [2.75, 3.05) is 5.75 Å². The van der Waals surface area contributed by atoms with E-state index in [0.717, 1.165) is 12.0 Å². The smallest absolute Gasteiger partial charge is 0.277 e. The standard InChI is InChI=1S/C18H23N3O2S/c1-12-7-9-14(10-8-12)17-20-21-18(23-17)24-11-16(22)19-15-6-4-3-5-13(15)2/h7-10,13,15H,3-6,11H2,1-2H3,(H,19,22)/t13-,15-/m1/s1. The number of carbonyl (C=O) groups is 1. The molecule has 1 aliphatic rings. The monoisotopic (exact) mass is 345 g/mol. The highest BCUT2D eigenvalue weighted by Gasteiger charge is 2.23. The van der Waals surface area contributed by atoms with Crippen molar-refractivity contribution in [3.8, 4) is 11.5 Å². The molecule has 6 heteroatoms. The minimum atomic E-state index is 0.0360. The summed E-state index contributed by atoms with van der Waals surface area (Å²) in [4.78, 5) is 12.1. The van der Waals surface area contributed by atoms with Gasteiger partial charge in [-0.2, -0.15) is 0 Å². The molecule has 1 aliphatic carbocycles. The molecule has 1 aromatic carbocycles. The molecule has 1 aromatic heterocycles. The van der Waals surface area contributed by atoms with Crippen LogP contribution in [-0.4, -0.2) is 27.9 Å². The summed E-state index contributed by atoms with van der Waals surface area (Å²) in [7, 11) is 0. The average molecular weight is 345 g/mol. The highest BCUT2D eigenvalue weighted by molar-refractivity contribution is 7.99. The van der Waals surface area contributed by atoms with Crippen LogP contribution in [0.1, 0.15) is 38.2 Å². The quantitative estimate of drug-likeness (QED) is 0.834. The third-order valence-electron chi connectivity index (χ3n) is 4.49. The normalized spacial score (nSPS) is 20.8. The number of aryl methyl sites for hydroxylation is 1. The number of carbonyl (C=O) groups excluding carboxylic acids is 1. The topological polar surface area (TPSA) is 68.0 Å². The Morgan fingerprint density at radius 3 is 2.75 bits per heavy atom. The summed E-state index contributed by atoms with van der Waals surface area (Å²) in [6, 6.07) is 8.22. The summed E-state index contributed by atoms with van der Waals surface area (Å²) in [6.45, 7) is 4.24. The van der Waals surface area contributed by atoms with Gasteiger partial charge >= 0.3 is 0 Å². The first-order valence-corrected chi connectivity index (χ1v) is 9.43. The van der Waals surface area contributed by atoms with Crippen molar-refractivity contribution in [3.05, 3.63) is 29.8 Å². The van der Waals surface area contributed by atoms with Crippen molar-refractivity contribution in [2.24, 2.45) is 5.92 Å². The van der Waals surface area contributed by atoms with E-state index in [1.54, 1.807) is 0 Å². The summed E-state index contributed by atoms with van der Waals surface area (Å²) >= 11 is 1.28. The van der Waals surface area contributed by atoms with Gasteiger partial charge in [-0.05, 0) is 37.8 Å². The van der Waals surface area contributed by atoms with Gasteiger partial charge in [-0.15, -0.1) is 10.2 Å². The van der Waals surface area contributed by atoms with E-state index in [2.05, 4.69) is 22.4 Å². The van der Waals surface area contributed by atoms with E-state index in [0.29, 0.717) is 28.8 Å². The highest BCUT2D eigenvalue weighted by Crippen LogP contribution is 2.25. The number of aromatic nitrogens is 2. The zero-order valence-corrected chi connectivity index (χ0v) is 14.9. The number of hydrogen-bond acceptors (Lipinski definition) is 5. The van der Waals surface area contributed by atoms with Crippen molar-refractivity contribution < 1.29 is 9.21 Å². The number of hydrogen-bond donors (Lipinski definition) is 1. The molecule has 1 amide bonds. The van der Waals surface area contributed by atoms with Gasteiger partial charge in [0.1, 0.15) is 0 Å². The molecule has 1 N–H and O–H groups in total. The van der Waals surface area contributed by atoms with E-state index < -0.39 is 0 Å². The van der Waals surface area contributed by atoms with Gasteiger partial charge in [0.05, 0.1) is 5.75 Å². The lowest BCUT2D eigenvalue weighted by molar-refractivity contribution is -0.119. The first-order chi connectivity index (χ1) is 11.6. The lowest BCUT2D eigenvalue weighted by Gasteiger charge is -2.29. The van der Waals surface area contributed by atoms with E-state index >= 15 is 0 Å². The molecule has 0 spiro atoms. The van der Waals surface area contributed by atoms with Gasteiger partial charge in [0, 0.05) is 11.6 Å². The van der Waals surface area contributed by atoms with Gasteiger partial charge in [0.15, 0.2) is 0 Å². The summed E-state index contributed by atoms with van der Waals surface area (Å²) in [5, 5.41) is 11.6. The molecular weight excluding hydrogens is 322 g/mol. The zero-order chi connectivity index (χ0) is 16.9. The summed E-state index contributed by atoms with van der Waals surface area (Å²) in [5.41, 5.74) is 2.07. The van der Waals surface area contributed by atoms with E-state index in [4.69, 9.17) is 4.42 Å². The third kappa shape index (κ3) is 4.38. The maximum atomic E-state index is 12.1. The highest BCUT2D eigenvalue weighted by atomic mass is 32.2. The largest absolute Gasteiger partial charge is 0.411 e.